The maximum absolute atomic E-state index is 12.6. The first-order valence-corrected chi connectivity index (χ1v) is 12.2. The van der Waals surface area contributed by atoms with Crippen LogP contribution in [-0.4, -0.2) is 56.4 Å². The van der Waals surface area contributed by atoms with E-state index in [0.29, 0.717) is 6.42 Å². The molecule has 200 valence electrons. The summed E-state index contributed by atoms with van der Waals surface area (Å²) in [7, 11) is 0. The second kappa shape index (κ2) is 14.0. The molecule has 3 N–H and O–H groups in total. The van der Waals surface area contributed by atoms with Crippen molar-refractivity contribution < 1.29 is 38.7 Å². The third kappa shape index (κ3) is 8.91. The number of carbonyl (C=O) groups excluding carboxylic acids is 6. The van der Waals surface area contributed by atoms with Crippen LogP contribution < -0.4 is 10.6 Å². The van der Waals surface area contributed by atoms with E-state index in [0.717, 1.165) is 24.3 Å². The zero-order valence-electron chi connectivity index (χ0n) is 19.2. The number of carboxylic acid groups (broad SMARTS) is 1. The quantitative estimate of drug-likeness (QED) is 0.228. The molecule has 0 aliphatic heterocycles. The highest BCUT2D eigenvalue weighted by Gasteiger charge is 2.22. The van der Waals surface area contributed by atoms with Crippen molar-refractivity contribution in [1.29, 1.82) is 0 Å². The molecule has 14 heteroatoms. The zero-order chi connectivity index (χ0) is 28.6. The zero-order valence-corrected chi connectivity index (χ0v) is 22.2. The van der Waals surface area contributed by atoms with Crippen LogP contribution in [0.1, 0.15) is 81.4 Å². The summed E-state index contributed by atoms with van der Waals surface area (Å²) in [5.74, 6) is -2.82. The van der Waals surface area contributed by atoms with Crippen LogP contribution in [0.25, 0.3) is 0 Å². The molecule has 2 aromatic rings. The van der Waals surface area contributed by atoms with E-state index >= 15 is 0 Å². The van der Waals surface area contributed by atoms with Crippen molar-refractivity contribution >= 4 is 85.2 Å². The molecule has 0 fully saturated rings. The van der Waals surface area contributed by atoms with Crippen LogP contribution in [0.5, 0.6) is 0 Å². The van der Waals surface area contributed by atoms with Crippen LogP contribution in [-0.2, 0) is 4.79 Å². The molecule has 0 spiro atoms. The van der Waals surface area contributed by atoms with Gasteiger partial charge in [-0.25, -0.2) is 4.79 Å². The van der Waals surface area contributed by atoms with E-state index in [-0.39, 0.29) is 52.8 Å². The van der Waals surface area contributed by atoms with Gasteiger partial charge in [0, 0.05) is 39.9 Å². The summed E-state index contributed by atoms with van der Waals surface area (Å²) in [6.07, 6.45) is 0.546. The van der Waals surface area contributed by atoms with E-state index in [1.54, 1.807) is 0 Å². The van der Waals surface area contributed by atoms with Gasteiger partial charge < -0.3 is 15.7 Å². The van der Waals surface area contributed by atoms with Gasteiger partial charge in [0.05, 0.1) is 0 Å². The minimum Gasteiger partial charge on any atom is -0.480 e. The van der Waals surface area contributed by atoms with Gasteiger partial charge in [0.2, 0.25) is 0 Å². The van der Waals surface area contributed by atoms with Crippen LogP contribution >= 0.6 is 46.4 Å². The number of hydrogen-bond acceptors (Lipinski definition) is 7. The van der Waals surface area contributed by atoms with Gasteiger partial charge in [-0.3, -0.25) is 28.8 Å². The maximum Gasteiger partial charge on any atom is 0.326 e. The Labute approximate surface area is 235 Å². The molecule has 0 aliphatic carbocycles. The minimum atomic E-state index is -1.33. The van der Waals surface area contributed by atoms with Crippen LogP contribution in [0.15, 0.2) is 36.4 Å². The highest BCUT2D eigenvalue weighted by atomic mass is 35.5. The Morgan fingerprint density at radius 1 is 0.605 bits per heavy atom. The van der Waals surface area contributed by atoms with E-state index in [1.165, 1.54) is 12.1 Å². The Bertz CT molecular complexity index is 1260. The number of hydrogen-bond donors (Lipinski definition) is 3. The predicted octanol–water partition coefficient (Wildman–Crippen LogP) is 3.99. The predicted molar refractivity (Wildman–Crippen MR) is 139 cm³/mol. The number of amides is 2. The Morgan fingerprint density at radius 3 is 1.34 bits per heavy atom. The lowest BCUT2D eigenvalue weighted by atomic mass is 10.0. The van der Waals surface area contributed by atoms with Gasteiger partial charge >= 0.3 is 5.97 Å². The molecule has 2 aromatic carbocycles. The molecular formula is C24H18Cl4N2O8. The van der Waals surface area contributed by atoms with Gasteiger partial charge in [-0.05, 0) is 102 Å². The number of rotatable bonds is 13. The number of halogens is 4. The molecule has 0 aliphatic rings. The van der Waals surface area contributed by atoms with E-state index in [1.807, 2.05) is 0 Å². The summed E-state index contributed by atoms with van der Waals surface area (Å²) in [6, 6.07) is 5.51. The van der Waals surface area contributed by atoms with Crippen molar-refractivity contribution in [3.8, 4) is 0 Å². The third-order valence-corrected chi connectivity index (χ3v) is 5.98. The number of unbranched alkanes of at least 4 members (excludes halogenated alkanes) is 1. The Kier molecular flexibility index (Phi) is 11.4. The summed E-state index contributed by atoms with van der Waals surface area (Å²) in [5, 5.41) is 10.7. The average Bonchev–Trinajstić information content (AvgIpc) is 2.86. The van der Waals surface area contributed by atoms with Gasteiger partial charge in [-0.1, -0.05) is 0 Å². The van der Waals surface area contributed by atoms with Crippen LogP contribution in [0.2, 0.25) is 0 Å². The molecule has 38 heavy (non-hydrogen) atoms. The van der Waals surface area contributed by atoms with Crippen molar-refractivity contribution in [2.24, 2.45) is 0 Å². The van der Waals surface area contributed by atoms with Crippen LogP contribution in [0.4, 0.5) is 0 Å². The number of carboxylic acids is 1. The molecule has 1 atom stereocenters. The van der Waals surface area contributed by atoms with Crippen molar-refractivity contribution in [3.05, 3.63) is 69.8 Å². The smallest absolute Gasteiger partial charge is 0.326 e. The van der Waals surface area contributed by atoms with E-state index < -0.39 is 44.8 Å². The van der Waals surface area contributed by atoms with Crippen molar-refractivity contribution in [1.82, 2.24) is 10.6 Å². The molecule has 0 saturated carbocycles. The van der Waals surface area contributed by atoms with E-state index in [4.69, 9.17) is 46.4 Å². The van der Waals surface area contributed by atoms with E-state index in [9.17, 15) is 38.7 Å². The summed E-state index contributed by atoms with van der Waals surface area (Å²) in [6.45, 7) is 0.101. The van der Waals surface area contributed by atoms with Crippen molar-refractivity contribution in [3.63, 3.8) is 0 Å². The molecule has 2 amide bonds. The topological polar surface area (TPSA) is 164 Å². The maximum atomic E-state index is 12.6. The normalized spacial score (nSPS) is 11.3. The molecular weight excluding hydrogens is 586 g/mol. The van der Waals surface area contributed by atoms with Gasteiger partial charge in [-0.15, -0.1) is 0 Å². The third-order valence-electron chi connectivity index (χ3n) is 5.11. The van der Waals surface area contributed by atoms with Gasteiger partial charge in [-0.2, -0.15) is 0 Å². The fourth-order valence-electron chi connectivity index (χ4n) is 3.25. The molecule has 10 nitrogen and oxygen atoms in total. The van der Waals surface area contributed by atoms with E-state index in [2.05, 4.69) is 10.6 Å². The second-order valence-corrected chi connectivity index (χ2v) is 9.18. The van der Waals surface area contributed by atoms with Gasteiger partial charge in [0.1, 0.15) is 6.04 Å². The monoisotopic (exact) mass is 602 g/mol. The first-order chi connectivity index (χ1) is 17.8. The number of benzene rings is 2. The van der Waals surface area contributed by atoms with Crippen molar-refractivity contribution in [2.45, 2.75) is 25.3 Å². The fourth-order valence-corrected chi connectivity index (χ4v) is 3.68. The standard InChI is InChI=1S/C24H18Cl4N2O8/c25-18(31)11-5-12(19(26)32)8-15(7-11)22(35)29-4-2-1-3-17(24(37)38)30-23(36)16-9-13(20(27)33)6-14(10-16)21(28)34/h5-10,17H,1-4H2,(H,29,35)(H,30,36)(H,37,38). The van der Waals surface area contributed by atoms with Crippen molar-refractivity contribution in [2.75, 3.05) is 6.54 Å². The Balaban J connectivity index is 1.97. The fraction of sp³-hybridized carbons (Fsp3) is 0.208. The number of carbonyl (C=O) groups is 7. The largest absolute Gasteiger partial charge is 0.480 e. The van der Waals surface area contributed by atoms with Crippen LogP contribution in [0.3, 0.4) is 0 Å². The summed E-state index contributed by atoms with van der Waals surface area (Å²) in [5.41, 5.74) is -0.738. The second-order valence-electron chi connectivity index (χ2n) is 7.81. The highest BCUT2D eigenvalue weighted by molar-refractivity contribution is 6.69. The summed E-state index contributed by atoms with van der Waals surface area (Å²) < 4.78 is 0. The molecule has 0 saturated heterocycles. The molecule has 0 radical (unpaired) electrons. The molecule has 0 aromatic heterocycles. The first-order valence-electron chi connectivity index (χ1n) is 10.7. The summed E-state index contributed by atoms with van der Waals surface area (Å²) >= 11 is 21.7. The SMILES string of the molecule is O=C(Cl)c1cc(C(=O)Cl)cc(C(=O)NCCCCC(NC(=O)c2cc(C(=O)Cl)cc(C(=O)Cl)c2)C(=O)O)c1. The lowest BCUT2D eigenvalue weighted by Crippen LogP contribution is -2.41. The Hall–Kier alpha value is -3.31. The molecule has 2 rings (SSSR count). The summed E-state index contributed by atoms with van der Waals surface area (Å²) in [4.78, 5) is 82.5. The molecule has 0 bridgehead atoms. The lowest BCUT2D eigenvalue weighted by Gasteiger charge is -2.15. The minimum absolute atomic E-state index is 0.0203. The molecule has 0 heterocycles. The average molecular weight is 604 g/mol. The van der Waals surface area contributed by atoms with Gasteiger partial charge in [0.25, 0.3) is 32.8 Å². The lowest BCUT2D eigenvalue weighted by molar-refractivity contribution is -0.139. The Morgan fingerprint density at radius 2 is 0.974 bits per heavy atom. The highest BCUT2D eigenvalue weighted by Crippen LogP contribution is 2.17. The van der Waals surface area contributed by atoms with Gasteiger partial charge in [0.15, 0.2) is 0 Å². The number of nitrogens with one attached hydrogen (secondary N) is 2. The van der Waals surface area contributed by atoms with Crippen LogP contribution in [0, 0.1) is 0 Å². The first kappa shape index (κ1) is 30.9. The number of aliphatic carboxylic acids is 1. The molecule has 1 unspecified atom stereocenters.